The Hall–Kier alpha value is -3.53. The molecule has 0 spiro atoms. The number of aryl methyl sites for hydroxylation is 1. The van der Waals surface area contributed by atoms with E-state index in [4.69, 9.17) is 9.15 Å². The number of furan rings is 1. The van der Waals surface area contributed by atoms with Crippen molar-refractivity contribution in [2.24, 2.45) is 5.92 Å². The molecular formula is C32H35NO3. The lowest BCUT2D eigenvalue weighted by Crippen LogP contribution is -2.40. The minimum absolute atomic E-state index is 0.0343. The second kappa shape index (κ2) is 10.2. The molecule has 0 saturated heterocycles. The quantitative estimate of drug-likeness (QED) is 0.283. The largest absolute Gasteiger partial charge is 0.493 e. The zero-order valence-corrected chi connectivity index (χ0v) is 21.7. The van der Waals surface area contributed by atoms with Gasteiger partial charge in [0.2, 0.25) is 5.91 Å². The van der Waals surface area contributed by atoms with E-state index < -0.39 is 0 Å². The maximum atomic E-state index is 13.0. The van der Waals surface area contributed by atoms with E-state index in [0.717, 1.165) is 51.0 Å². The van der Waals surface area contributed by atoms with Crippen molar-refractivity contribution in [1.29, 1.82) is 0 Å². The normalized spacial score (nSPS) is 18.5. The molecule has 4 heteroatoms. The van der Waals surface area contributed by atoms with Gasteiger partial charge in [0.25, 0.3) is 0 Å². The number of nitrogens with one attached hydrogen (secondary N) is 1. The van der Waals surface area contributed by atoms with Gasteiger partial charge in [0.1, 0.15) is 11.3 Å². The molecule has 0 radical (unpaired) electrons. The van der Waals surface area contributed by atoms with Gasteiger partial charge in [-0.3, -0.25) is 4.79 Å². The van der Waals surface area contributed by atoms with Crippen LogP contribution in [-0.2, 0) is 4.79 Å². The average molecular weight is 482 g/mol. The fourth-order valence-electron chi connectivity index (χ4n) is 5.64. The van der Waals surface area contributed by atoms with Crippen molar-refractivity contribution in [2.45, 2.75) is 59.4 Å². The number of benzene rings is 3. The Bertz CT molecular complexity index is 1440. The molecule has 2 unspecified atom stereocenters. The molecule has 3 aromatic carbocycles. The molecule has 4 aromatic rings. The third-order valence-corrected chi connectivity index (χ3v) is 7.62. The topological polar surface area (TPSA) is 51.5 Å². The Kier molecular flexibility index (Phi) is 6.86. The molecule has 1 amide bonds. The molecule has 1 N–H and O–H groups in total. The maximum Gasteiger partial charge on any atom is 0.244 e. The molecule has 5 rings (SSSR count). The van der Waals surface area contributed by atoms with Gasteiger partial charge in [0.15, 0.2) is 0 Å². The molecule has 1 aromatic heterocycles. The first-order valence-electron chi connectivity index (χ1n) is 13.1. The second-order valence-corrected chi connectivity index (χ2v) is 10.1. The molecule has 1 aliphatic carbocycles. The monoisotopic (exact) mass is 481 g/mol. The molecule has 0 bridgehead atoms. The summed E-state index contributed by atoms with van der Waals surface area (Å²) >= 11 is 0. The van der Waals surface area contributed by atoms with E-state index in [1.54, 1.807) is 6.08 Å². The Morgan fingerprint density at radius 1 is 1.08 bits per heavy atom. The van der Waals surface area contributed by atoms with Crippen LogP contribution in [0.4, 0.5) is 0 Å². The Morgan fingerprint density at radius 3 is 2.67 bits per heavy atom. The number of amides is 1. The van der Waals surface area contributed by atoms with E-state index in [-0.39, 0.29) is 11.9 Å². The fraction of sp³-hybridized carbons (Fsp3) is 0.344. The Balaban J connectivity index is 1.59. The van der Waals surface area contributed by atoms with Gasteiger partial charge in [0, 0.05) is 34.2 Å². The number of hydrogen-bond acceptors (Lipinski definition) is 3. The predicted molar refractivity (Wildman–Crippen MR) is 148 cm³/mol. The highest BCUT2D eigenvalue weighted by Gasteiger charge is 2.23. The first-order valence-corrected chi connectivity index (χ1v) is 13.1. The molecule has 1 saturated carbocycles. The minimum atomic E-state index is -0.0343. The molecule has 4 nitrogen and oxygen atoms in total. The van der Waals surface area contributed by atoms with E-state index in [1.807, 2.05) is 27.0 Å². The lowest BCUT2D eigenvalue weighted by Gasteiger charge is -2.29. The summed E-state index contributed by atoms with van der Waals surface area (Å²) in [6.45, 7) is 8.77. The summed E-state index contributed by atoms with van der Waals surface area (Å²) in [5.41, 5.74) is 5.75. The van der Waals surface area contributed by atoms with E-state index in [9.17, 15) is 4.79 Å². The first-order chi connectivity index (χ1) is 17.5. The molecule has 36 heavy (non-hydrogen) atoms. The molecular weight excluding hydrogens is 446 g/mol. The van der Waals surface area contributed by atoms with Crippen LogP contribution in [0.2, 0.25) is 0 Å². The van der Waals surface area contributed by atoms with Gasteiger partial charge < -0.3 is 14.5 Å². The number of carbonyl (C=O) groups is 1. The molecule has 1 heterocycles. The van der Waals surface area contributed by atoms with Crippen LogP contribution in [0.3, 0.4) is 0 Å². The van der Waals surface area contributed by atoms with Crippen LogP contribution in [0, 0.1) is 12.8 Å². The van der Waals surface area contributed by atoms with Crippen molar-refractivity contribution in [2.75, 3.05) is 6.61 Å². The third kappa shape index (κ3) is 4.53. The first kappa shape index (κ1) is 24.2. The van der Waals surface area contributed by atoms with Crippen LogP contribution < -0.4 is 10.1 Å². The number of fused-ring (bicyclic) bond motifs is 2. The van der Waals surface area contributed by atoms with Gasteiger partial charge >= 0.3 is 0 Å². The van der Waals surface area contributed by atoms with Crippen molar-refractivity contribution in [3.63, 3.8) is 0 Å². The molecule has 2 atom stereocenters. The van der Waals surface area contributed by atoms with Gasteiger partial charge in [-0.2, -0.15) is 0 Å². The van der Waals surface area contributed by atoms with E-state index >= 15 is 0 Å². The van der Waals surface area contributed by atoms with E-state index in [1.165, 1.54) is 30.0 Å². The summed E-state index contributed by atoms with van der Waals surface area (Å²) in [6.07, 6.45) is 8.23. The van der Waals surface area contributed by atoms with E-state index in [0.29, 0.717) is 12.5 Å². The Labute approximate surface area is 213 Å². The van der Waals surface area contributed by atoms with Crippen molar-refractivity contribution < 1.29 is 13.9 Å². The number of allylic oxidation sites excluding steroid dienone is 1. The van der Waals surface area contributed by atoms with Gasteiger partial charge in [-0.15, -0.1) is 0 Å². The SMILES string of the molecule is CCOc1c(/C(C)=C/C(=O)NC2CCCCC2C)cc2c(-c3cccc4ccccc34)coc2c1C. The van der Waals surface area contributed by atoms with Gasteiger partial charge in [-0.25, -0.2) is 0 Å². The summed E-state index contributed by atoms with van der Waals surface area (Å²) in [5.74, 6) is 1.26. The van der Waals surface area contributed by atoms with E-state index in [2.05, 4.69) is 60.8 Å². The lowest BCUT2D eigenvalue weighted by molar-refractivity contribution is -0.117. The van der Waals surface area contributed by atoms with Crippen LogP contribution in [0.1, 0.15) is 57.6 Å². The van der Waals surface area contributed by atoms with Crippen molar-refractivity contribution in [3.8, 4) is 16.9 Å². The standard InChI is InChI=1S/C32H35NO3/c1-5-35-31-22(4)32-27(28(19-36-32)25-15-10-13-23-12-7-8-14-24(23)25)18-26(31)21(3)17-30(34)33-29-16-9-6-11-20(29)2/h7-8,10,12-15,17-20,29H,5-6,9,11,16H2,1-4H3,(H,33,34)/b21-17+. The zero-order valence-electron chi connectivity index (χ0n) is 21.7. The number of rotatable bonds is 6. The number of carbonyl (C=O) groups excluding carboxylic acids is 1. The van der Waals surface area contributed by atoms with Crippen molar-refractivity contribution in [1.82, 2.24) is 5.32 Å². The smallest absolute Gasteiger partial charge is 0.244 e. The maximum absolute atomic E-state index is 13.0. The summed E-state index contributed by atoms with van der Waals surface area (Å²) in [6, 6.07) is 17.1. The molecule has 0 aliphatic heterocycles. The molecule has 186 valence electrons. The highest BCUT2D eigenvalue weighted by atomic mass is 16.5. The predicted octanol–water partition coefficient (Wildman–Crippen LogP) is 8.06. The summed E-state index contributed by atoms with van der Waals surface area (Å²) in [4.78, 5) is 13.0. The Morgan fingerprint density at radius 2 is 1.86 bits per heavy atom. The minimum Gasteiger partial charge on any atom is -0.493 e. The highest BCUT2D eigenvalue weighted by molar-refractivity contribution is 6.07. The number of hydrogen-bond donors (Lipinski definition) is 1. The van der Waals surface area contributed by atoms with Crippen LogP contribution in [-0.4, -0.2) is 18.6 Å². The molecule has 1 aliphatic rings. The number of ether oxygens (including phenoxy) is 1. The summed E-state index contributed by atoms with van der Waals surface area (Å²) < 4.78 is 12.2. The van der Waals surface area contributed by atoms with Crippen molar-refractivity contribution >= 4 is 33.2 Å². The zero-order chi connectivity index (χ0) is 25.2. The fourth-order valence-corrected chi connectivity index (χ4v) is 5.64. The molecule has 1 fully saturated rings. The van der Waals surface area contributed by atoms with Crippen LogP contribution >= 0.6 is 0 Å². The summed E-state index contributed by atoms with van der Waals surface area (Å²) in [7, 11) is 0. The van der Waals surface area contributed by atoms with Crippen LogP contribution in [0.15, 0.2) is 65.3 Å². The second-order valence-electron chi connectivity index (χ2n) is 10.1. The van der Waals surface area contributed by atoms with Crippen molar-refractivity contribution in [3.05, 3.63) is 72.0 Å². The highest BCUT2D eigenvalue weighted by Crippen LogP contribution is 2.42. The average Bonchev–Trinajstić information content (AvgIpc) is 3.30. The third-order valence-electron chi connectivity index (χ3n) is 7.62. The van der Waals surface area contributed by atoms with Crippen LogP contribution in [0.25, 0.3) is 38.4 Å². The van der Waals surface area contributed by atoms with Crippen LogP contribution in [0.5, 0.6) is 5.75 Å². The lowest BCUT2D eigenvalue weighted by atomic mass is 9.86. The van der Waals surface area contributed by atoms with Gasteiger partial charge in [-0.05, 0) is 67.5 Å². The summed E-state index contributed by atoms with van der Waals surface area (Å²) in [5, 5.41) is 6.65. The van der Waals surface area contributed by atoms with Gasteiger partial charge in [0.05, 0.1) is 12.9 Å². The van der Waals surface area contributed by atoms with Gasteiger partial charge in [-0.1, -0.05) is 62.2 Å².